The number of fused-ring (bicyclic) bond motifs is 3. The average molecular weight is 537 g/mol. The summed E-state index contributed by atoms with van der Waals surface area (Å²) < 4.78 is 52.0. The third kappa shape index (κ3) is 4.36. The number of phenolic OH excluding ortho intramolecular Hbond substituents is 1. The Morgan fingerprint density at radius 2 is 1.95 bits per heavy atom. The predicted molar refractivity (Wildman–Crippen MR) is 144 cm³/mol. The van der Waals surface area contributed by atoms with E-state index in [0.29, 0.717) is 41.1 Å². The number of aromatic nitrogens is 3. The van der Waals surface area contributed by atoms with Crippen LogP contribution in [0.15, 0.2) is 36.7 Å². The lowest BCUT2D eigenvalue weighted by molar-refractivity contribution is -0.0648. The fourth-order valence-electron chi connectivity index (χ4n) is 7.10. The highest BCUT2D eigenvalue weighted by molar-refractivity contribution is 6.00. The summed E-state index contributed by atoms with van der Waals surface area (Å²) in [5.74, 6) is -1.20. The summed E-state index contributed by atoms with van der Waals surface area (Å²) in [5, 5.41) is 11.8. The Balaban J connectivity index is 1.39. The first-order valence-electron chi connectivity index (χ1n) is 13.4. The van der Waals surface area contributed by atoms with Crippen LogP contribution in [0.1, 0.15) is 45.1 Å². The van der Waals surface area contributed by atoms with E-state index in [1.807, 2.05) is 14.0 Å². The van der Waals surface area contributed by atoms with Crippen LogP contribution in [0.3, 0.4) is 0 Å². The molecular formula is C30H31F3N4O2. The van der Waals surface area contributed by atoms with Crippen molar-refractivity contribution < 1.29 is 23.0 Å². The minimum Gasteiger partial charge on any atom is -0.508 e. The summed E-state index contributed by atoms with van der Waals surface area (Å²) in [4.78, 5) is 15.1. The van der Waals surface area contributed by atoms with Crippen LogP contribution in [0, 0.1) is 17.0 Å². The van der Waals surface area contributed by atoms with E-state index in [9.17, 15) is 9.50 Å². The number of rotatable bonds is 5. The topological polar surface area (TPSA) is 71.4 Å². The van der Waals surface area contributed by atoms with Gasteiger partial charge in [0.1, 0.15) is 28.4 Å². The number of likely N-dealkylation sites (tertiary alicyclic amines) is 1. The van der Waals surface area contributed by atoms with Crippen molar-refractivity contribution >= 4 is 21.7 Å². The fraction of sp³-hybridized carbons (Fsp3) is 0.433. The van der Waals surface area contributed by atoms with Crippen molar-refractivity contribution in [3.8, 4) is 23.0 Å². The highest BCUT2D eigenvalue weighted by atomic mass is 19.1. The van der Waals surface area contributed by atoms with Gasteiger partial charge in [-0.1, -0.05) is 19.4 Å². The maximum atomic E-state index is 16.1. The number of hydrogen-bond acceptors (Lipinski definition) is 6. The first-order valence-corrected chi connectivity index (χ1v) is 13.4. The maximum Gasteiger partial charge on any atom is 0.317 e. The van der Waals surface area contributed by atoms with Crippen LogP contribution in [0.25, 0.3) is 32.9 Å². The lowest BCUT2D eigenvalue weighted by Gasteiger charge is -2.49. The highest BCUT2D eigenvalue weighted by Crippen LogP contribution is 2.51. The predicted octanol–water partition coefficient (Wildman–Crippen LogP) is 6.37. The molecular weight excluding hydrogens is 505 g/mol. The molecule has 6 nitrogen and oxygen atoms in total. The molecule has 39 heavy (non-hydrogen) atoms. The van der Waals surface area contributed by atoms with E-state index in [0.717, 1.165) is 19.3 Å². The van der Waals surface area contributed by atoms with E-state index in [4.69, 9.17) is 4.74 Å². The van der Waals surface area contributed by atoms with Gasteiger partial charge in [0.2, 0.25) is 0 Å². The van der Waals surface area contributed by atoms with Crippen molar-refractivity contribution in [3.05, 3.63) is 53.9 Å². The van der Waals surface area contributed by atoms with Crippen LogP contribution < -0.4 is 4.74 Å². The SMILES string of the molecule is CCc1c(F)ccc2cc(O)cc(-c3ncc4cnc(OC[C@]56CCC[C@H]5N(C)CC(C)(F)C6)nc4c3F)c12. The molecule has 2 aromatic carbocycles. The number of benzene rings is 2. The van der Waals surface area contributed by atoms with E-state index >= 15 is 8.78 Å². The maximum absolute atomic E-state index is 16.1. The number of phenols is 1. The smallest absolute Gasteiger partial charge is 0.317 e. The van der Waals surface area contributed by atoms with Gasteiger partial charge < -0.3 is 9.84 Å². The molecule has 0 radical (unpaired) electrons. The molecule has 6 rings (SSSR count). The van der Waals surface area contributed by atoms with Gasteiger partial charge in [-0.05, 0) is 74.2 Å². The molecule has 1 aliphatic heterocycles. The van der Waals surface area contributed by atoms with Gasteiger partial charge in [0.15, 0.2) is 5.82 Å². The number of halogens is 3. The van der Waals surface area contributed by atoms with Crippen molar-refractivity contribution in [1.29, 1.82) is 0 Å². The molecule has 9 heteroatoms. The number of pyridine rings is 1. The van der Waals surface area contributed by atoms with Crippen LogP contribution in [0.4, 0.5) is 13.2 Å². The van der Waals surface area contributed by atoms with Gasteiger partial charge in [-0.3, -0.25) is 9.88 Å². The van der Waals surface area contributed by atoms with E-state index in [-0.39, 0.29) is 46.6 Å². The van der Waals surface area contributed by atoms with E-state index in [1.54, 1.807) is 13.0 Å². The van der Waals surface area contributed by atoms with E-state index in [1.165, 1.54) is 30.6 Å². The molecule has 1 aliphatic carbocycles. The van der Waals surface area contributed by atoms with Crippen molar-refractivity contribution in [1.82, 2.24) is 19.9 Å². The van der Waals surface area contributed by atoms with Crippen LogP contribution in [-0.2, 0) is 6.42 Å². The molecule has 1 saturated heterocycles. The molecule has 0 spiro atoms. The first kappa shape index (κ1) is 25.8. The van der Waals surface area contributed by atoms with Gasteiger partial charge in [-0.15, -0.1) is 0 Å². The third-order valence-corrected chi connectivity index (χ3v) is 8.48. The van der Waals surface area contributed by atoms with Crippen molar-refractivity contribution in [2.75, 3.05) is 20.2 Å². The van der Waals surface area contributed by atoms with Crippen LogP contribution in [0.5, 0.6) is 11.8 Å². The van der Waals surface area contributed by atoms with Gasteiger partial charge in [0, 0.05) is 41.3 Å². The Bertz CT molecular complexity index is 1590. The number of nitrogens with zero attached hydrogens (tertiary/aromatic N) is 4. The van der Waals surface area contributed by atoms with E-state index < -0.39 is 17.3 Å². The first-order chi connectivity index (χ1) is 18.6. The molecule has 3 atom stereocenters. The second-order valence-electron chi connectivity index (χ2n) is 11.4. The fourth-order valence-corrected chi connectivity index (χ4v) is 7.10. The molecule has 2 fully saturated rings. The quantitative estimate of drug-likeness (QED) is 0.320. The summed E-state index contributed by atoms with van der Waals surface area (Å²) in [6, 6.07) is 6.03. The van der Waals surface area contributed by atoms with Crippen molar-refractivity contribution in [2.45, 2.75) is 57.7 Å². The van der Waals surface area contributed by atoms with Gasteiger partial charge in [-0.2, -0.15) is 4.98 Å². The molecule has 2 aromatic heterocycles. The Labute approximate surface area is 224 Å². The normalized spacial score (nSPS) is 25.3. The van der Waals surface area contributed by atoms with Gasteiger partial charge in [0.05, 0.1) is 6.61 Å². The zero-order chi connectivity index (χ0) is 27.5. The van der Waals surface area contributed by atoms with Gasteiger partial charge in [0.25, 0.3) is 0 Å². The number of piperidine rings is 1. The number of alkyl halides is 1. The highest BCUT2D eigenvalue weighted by Gasteiger charge is 2.54. The molecule has 204 valence electrons. The number of hydrogen-bond donors (Lipinski definition) is 1. The van der Waals surface area contributed by atoms with Crippen molar-refractivity contribution in [3.63, 3.8) is 0 Å². The second kappa shape index (κ2) is 9.33. The standard InChI is InChI=1S/C30H31F3N4O2/c1-4-20-22(31)8-7-17-10-19(38)11-21(24(17)20)27-25(32)26-18(12-34-27)13-35-28(36-26)39-16-30-9-5-6-23(30)37(3)15-29(2,33)14-30/h7-8,10-13,23,38H,4-6,9,14-16H2,1-3H3/t23-,29?,30-/m1/s1. The third-order valence-electron chi connectivity index (χ3n) is 8.48. The summed E-state index contributed by atoms with van der Waals surface area (Å²) in [6.07, 6.45) is 6.50. The summed E-state index contributed by atoms with van der Waals surface area (Å²) in [7, 11) is 1.96. The average Bonchev–Trinajstić information content (AvgIpc) is 3.31. The molecule has 1 N–H and O–H groups in total. The number of ether oxygens (including phenoxy) is 1. The minimum absolute atomic E-state index is 0.00695. The number of aromatic hydroxyl groups is 1. The number of aryl methyl sites for hydroxylation is 1. The molecule has 2 aliphatic rings. The molecule has 0 amide bonds. The molecule has 1 saturated carbocycles. The van der Waals surface area contributed by atoms with Crippen molar-refractivity contribution in [2.24, 2.45) is 5.41 Å². The molecule has 0 bridgehead atoms. The van der Waals surface area contributed by atoms with Crippen LogP contribution >= 0.6 is 0 Å². The lowest BCUT2D eigenvalue weighted by Crippen LogP contribution is -2.58. The van der Waals surface area contributed by atoms with E-state index in [2.05, 4.69) is 19.9 Å². The van der Waals surface area contributed by atoms with Gasteiger partial charge >= 0.3 is 6.01 Å². The Morgan fingerprint density at radius 1 is 1.15 bits per heavy atom. The second-order valence-corrected chi connectivity index (χ2v) is 11.4. The molecule has 3 heterocycles. The Morgan fingerprint density at radius 3 is 2.74 bits per heavy atom. The summed E-state index contributed by atoms with van der Waals surface area (Å²) >= 11 is 0. The minimum atomic E-state index is -1.32. The summed E-state index contributed by atoms with van der Waals surface area (Å²) in [5.41, 5.74) is -1.04. The molecule has 4 aromatic rings. The zero-order valence-electron chi connectivity index (χ0n) is 22.3. The van der Waals surface area contributed by atoms with Crippen LogP contribution in [0.2, 0.25) is 0 Å². The van der Waals surface area contributed by atoms with Crippen LogP contribution in [-0.4, -0.2) is 56.9 Å². The largest absolute Gasteiger partial charge is 0.508 e. The molecule has 1 unspecified atom stereocenters. The lowest BCUT2D eigenvalue weighted by atomic mass is 9.71. The Kier molecular flexibility index (Phi) is 6.17. The Hall–Kier alpha value is -3.46. The monoisotopic (exact) mass is 536 g/mol. The zero-order valence-corrected chi connectivity index (χ0v) is 22.3. The van der Waals surface area contributed by atoms with Gasteiger partial charge in [-0.25, -0.2) is 18.2 Å². The summed E-state index contributed by atoms with van der Waals surface area (Å²) in [6.45, 7) is 4.08.